The number of nitrogens with zero attached hydrogens (tertiary/aromatic N) is 1. The lowest BCUT2D eigenvalue weighted by molar-refractivity contribution is -0.142. The van der Waals surface area contributed by atoms with Crippen molar-refractivity contribution in [3.8, 4) is 11.8 Å². The molecule has 2 fully saturated rings. The Hall–Kier alpha value is -1.30. The van der Waals surface area contributed by atoms with E-state index in [4.69, 9.17) is 0 Å². The van der Waals surface area contributed by atoms with E-state index in [1.807, 2.05) is 13.8 Å². The number of carbonyl (C=O) groups excluding carboxylic acids is 2. The molecular weight excluding hydrogens is 190 g/mol. The maximum atomic E-state index is 11.8. The second kappa shape index (κ2) is 3.10. The minimum absolute atomic E-state index is 0.00732. The molecule has 0 bridgehead atoms. The van der Waals surface area contributed by atoms with Gasteiger partial charge in [0.25, 0.3) is 0 Å². The summed E-state index contributed by atoms with van der Waals surface area (Å²) >= 11 is 0. The van der Waals surface area contributed by atoms with Crippen molar-refractivity contribution in [1.82, 2.24) is 4.90 Å². The Morgan fingerprint density at radius 3 is 2.27 bits per heavy atom. The molecule has 1 saturated heterocycles. The molecular formula is C12H15NO2. The van der Waals surface area contributed by atoms with Gasteiger partial charge in [-0.2, -0.15) is 0 Å². The van der Waals surface area contributed by atoms with E-state index in [1.54, 1.807) is 6.92 Å². The van der Waals surface area contributed by atoms with Gasteiger partial charge in [-0.05, 0) is 12.3 Å². The van der Waals surface area contributed by atoms with E-state index in [9.17, 15) is 9.59 Å². The lowest BCUT2D eigenvalue weighted by Crippen LogP contribution is -2.36. The molecule has 0 aromatic heterocycles. The number of amides is 2. The summed E-state index contributed by atoms with van der Waals surface area (Å²) < 4.78 is 0. The zero-order valence-corrected chi connectivity index (χ0v) is 9.33. The van der Waals surface area contributed by atoms with Gasteiger partial charge in [-0.3, -0.25) is 14.5 Å². The normalized spacial score (nSPS) is 31.0. The fraction of sp³-hybridized carbons (Fsp3) is 0.667. The number of hydrogen-bond acceptors (Lipinski definition) is 2. The fourth-order valence-corrected chi connectivity index (χ4v) is 2.52. The summed E-state index contributed by atoms with van der Waals surface area (Å²) in [6, 6.07) is 0. The molecule has 3 heteroatoms. The highest BCUT2D eigenvalue weighted by Crippen LogP contribution is 2.63. The van der Waals surface area contributed by atoms with Crippen molar-refractivity contribution in [1.29, 1.82) is 0 Å². The first-order valence-electron chi connectivity index (χ1n) is 5.26. The molecule has 2 aliphatic rings. The summed E-state index contributed by atoms with van der Waals surface area (Å²) in [4.78, 5) is 25.0. The van der Waals surface area contributed by atoms with E-state index in [0.717, 1.165) is 0 Å². The standard InChI is InChI=1S/C12H15NO2/c1-4-5-6-7-13-10(14)8-9(11(13)15)12(8,2)3/h8-9H,6-7H2,1-3H3. The van der Waals surface area contributed by atoms with Crippen molar-refractivity contribution in [2.75, 3.05) is 6.54 Å². The molecule has 1 saturated carbocycles. The second-order valence-corrected chi connectivity index (χ2v) is 4.78. The SMILES string of the molecule is CC#CCCN1C(=O)C2C(C1=O)C2(C)C. The van der Waals surface area contributed by atoms with Crippen LogP contribution >= 0.6 is 0 Å². The van der Waals surface area contributed by atoms with Gasteiger partial charge < -0.3 is 0 Å². The number of fused-ring (bicyclic) bond motifs is 1. The Balaban J connectivity index is 2.03. The molecule has 2 amide bonds. The Morgan fingerprint density at radius 1 is 1.27 bits per heavy atom. The van der Waals surface area contributed by atoms with E-state index in [0.29, 0.717) is 13.0 Å². The Kier molecular flexibility index (Phi) is 2.11. The molecule has 0 spiro atoms. The molecule has 1 aliphatic heterocycles. The molecule has 2 unspecified atom stereocenters. The highest BCUT2D eigenvalue weighted by atomic mass is 16.2. The van der Waals surface area contributed by atoms with Crippen LogP contribution in [0.5, 0.6) is 0 Å². The predicted molar refractivity (Wildman–Crippen MR) is 55.5 cm³/mol. The third-order valence-corrected chi connectivity index (χ3v) is 3.53. The Labute approximate surface area is 89.8 Å². The minimum atomic E-state index is -0.0961. The van der Waals surface area contributed by atoms with Crippen molar-refractivity contribution in [3.63, 3.8) is 0 Å². The Bertz CT molecular complexity index is 362. The van der Waals surface area contributed by atoms with Crippen LogP contribution in [0.15, 0.2) is 0 Å². The van der Waals surface area contributed by atoms with E-state index in [1.165, 1.54) is 4.90 Å². The number of hydrogen-bond donors (Lipinski definition) is 0. The summed E-state index contributed by atoms with van der Waals surface area (Å²) in [5, 5.41) is 0. The van der Waals surface area contributed by atoms with Crippen LogP contribution in [-0.2, 0) is 9.59 Å². The van der Waals surface area contributed by atoms with Crippen LogP contribution in [-0.4, -0.2) is 23.3 Å². The zero-order chi connectivity index (χ0) is 11.2. The quantitative estimate of drug-likeness (QED) is 0.499. The molecule has 0 radical (unpaired) electrons. The summed E-state index contributed by atoms with van der Waals surface area (Å²) in [6.45, 7) is 6.19. The maximum Gasteiger partial charge on any atom is 0.233 e. The summed E-state index contributed by atoms with van der Waals surface area (Å²) in [6.07, 6.45) is 0.591. The fourth-order valence-electron chi connectivity index (χ4n) is 2.52. The topological polar surface area (TPSA) is 37.4 Å². The molecule has 1 heterocycles. The first-order chi connectivity index (χ1) is 7.01. The number of piperidine rings is 1. The van der Waals surface area contributed by atoms with E-state index >= 15 is 0 Å². The van der Waals surface area contributed by atoms with Crippen molar-refractivity contribution >= 4 is 11.8 Å². The zero-order valence-electron chi connectivity index (χ0n) is 9.33. The van der Waals surface area contributed by atoms with Gasteiger partial charge in [0.2, 0.25) is 11.8 Å². The molecule has 2 atom stereocenters. The third-order valence-electron chi connectivity index (χ3n) is 3.53. The van der Waals surface area contributed by atoms with Crippen LogP contribution in [0.1, 0.15) is 27.2 Å². The van der Waals surface area contributed by atoms with Gasteiger partial charge in [0.1, 0.15) is 0 Å². The largest absolute Gasteiger partial charge is 0.281 e. The van der Waals surface area contributed by atoms with Gasteiger partial charge in [0.05, 0.1) is 11.8 Å². The third kappa shape index (κ3) is 1.28. The number of carbonyl (C=O) groups is 2. The van der Waals surface area contributed by atoms with Crippen LogP contribution in [0.2, 0.25) is 0 Å². The molecule has 80 valence electrons. The summed E-state index contributed by atoms with van der Waals surface area (Å²) in [5.74, 6) is 5.53. The van der Waals surface area contributed by atoms with Crippen molar-refractivity contribution in [2.45, 2.75) is 27.2 Å². The molecule has 15 heavy (non-hydrogen) atoms. The number of rotatable bonds is 2. The maximum absolute atomic E-state index is 11.8. The van der Waals surface area contributed by atoms with Gasteiger partial charge in [-0.15, -0.1) is 11.8 Å². The van der Waals surface area contributed by atoms with Gasteiger partial charge in [0, 0.05) is 13.0 Å². The predicted octanol–water partition coefficient (Wildman–Crippen LogP) is 1.04. The lowest BCUT2D eigenvalue weighted by Gasteiger charge is -2.19. The van der Waals surface area contributed by atoms with Crippen LogP contribution in [0, 0.1) is 29.1 Å². The van der Waals surface area contributed by atoms with Gasteiger partial charge in [0.15, 0.2) is 0 Å². The molecule has 0 aromatic carbocycles. The number of imide groups is 1. The van der Waals surface area contributed by atoms with E-state index in [2.05, 4.69) is 11.8 Å². The van der Waals surface area contributed by atoms with Gasteiger partial charge in [-0.1, -0.05) is 13.8 Å². The molecule has 0 aromatic rings. The lowest BCUT2D eigenvalue weighted by atomic mass is 10.1. The first-order valence-corrected chi connectivity index (χ1v) is 5.26. The molecule has 2 rings (SSSR count). The molecule has 1 aliphatic carbocycles. The van der Waals surface area contributed by atoms with Gasteiger partial charge >= 0.3 is 0 Å². The van der Waals surface area contributed by atoms with Crippen LogP contribution in [0.4, 0.5) is 0 Å². The van der Waals surface area contributed by atoms with E-state index < -0.39 is 0 Å². The highest BCUT2D eigenvalue weighted by molar-refractivity contribution is 6.10. The van der Waals surface area contributed by atoms with Crippen molar-refractivity contribution in [3.05, 3.63) is 0 Å². The number of likely N-dealkylation sites (tertiary alicyclic amines) is 1. The molecule has 0 N–H and O–H groups in total. The van der Waals surface area contributed by atoms with Crippen LogP contribution in [0.3, 0.4) is 0 Å². The first kappa shape index (κ1) is 10.2. The molecule has 3 nitrogen and oxygen atoms in total. The smallest absolute Gasteiger partial charge is 0.233 e. The van der Waals surface area contributed by atoms with Crippen LogP contribution < -0.4 is 0 Å². The van der Waals surface area contributed by atoms with Crippen LogP contribution in [0.25, 0.3) is 0 Å². The van der Waals surface area contributed by atoms with Crippen molar-refractivity contribution in [2.24, 2.45) is 17.3 Å². The van der Waals surface area contributed by atoms with Gasteiger partial charge in [-0.25, -0.2) is 0 Å². The monoisotopic (exact) mass is 205 g/mol. The summed E-state index contributed by atoms with van der Waals surface area (Å²) in [7, 11) is 0. The van der Waals surface area contributed by atoms with E-state index in [-0.39, 0.29) is 29.1 Å². The Morgan fingerprint density at radius 2 is 1.80 bits per heavy atom. The second-order valence-electron chi connectivity index (χ2n) is 4.78. The van der Waals surface area contributed by atoms with Crippen molar-refractivity contribution < 1.29 is 9.59 Å². The minimum Gasteiger partial charge on any atom is -0.281 e. The summed E-state index contributed by atoms with van der Waals surface area (Å²) in [5.41, 5.74) is -0.0961. The average molecular weight is 205 g/mol. The highest BCUT2D eigenvalue weighted by Gasteiger charge is 2.72. The average Bonchev–Trinajstić information content (AvgIpc) is 2.63.